The van der Waals surface area contributed by atoms with Crippen molar-refractivity contribution < 1.29 is 4.79 Å². The van der Waals surface area contributed by atoms with Crippen LogP contribution in [0.4, 0.5) is 5.69 Å². The summed E-state index contributed by atoms with van der Waals surface area (Å²) in [6, 6.07) is 5.64. The van der Waals surface area contributed by atoms with Crippen molar-refractivity contribution >= 4 is 39.3 Å². The Morgan fingerprint density at radius 1 is 1.59 bits per heavy atom. The van der Waals surface area contributed by atoms with E-state index in [4.69, 9.17) is 5.73 Å². The van der Waals surface area contributed by atoms with Crippen LogP contribution < -0.4 is 5.73 Å². The number of benzene rings is 1. The first-order valence-electron chi connectivity index (χ1n) is 5.53. The van der Waals surface area contributed by atoms with Crippen LogP contribution in [0, 0.1) is 0 Å². The number of carbonyl (C=O) groups excluding carboxylic acids is 1. The van der Waals surface area contributed by atoms with E-state index in [1.54, 1.807) is 12.1 Å². The number of hydrogen-bond acceptors (Lipinski definition) is 3. The van der Waals surface area contributed by atoms with E-state index in [-0.39, 0.29) is 11.9 Å². The minimum absolute atomic E-state index is 0.0666. The first-order valence-corrected chi connectivity index (χ1v) is 7.48. The van der Waals surface area contributed by atoms with Crippen LogP contribution in [0.3, 0.4) is 0 Å². The largest absolute Gasteiger partial charge is 0.399 e. The van der Waals surface area contributed by atoms with Crippen molar-refractivity contribution in [1.29, 1.82) is 0 Å². The number of halogens is 1. The smallest absolute Gasteiger partial charge is 0.255 e. The van der Waals surface area contributed by atoms with Crippen molar-refractivity contribution in [3.63, 3.8) is 0 Å². The van der Waals surface area contributed by atoms with Gasteiger partial charge in [-0.2, -0.15) is 11.8 Å². The van der Waals surface area contributed by atoms with Crippen molar-refractivity contribution in [3.05, 3.63) is 28.2 Å². The quantitative estimate of drug-likeness (QED) is 0.810. The van der Waals surface area contributed by atoms with E-state index in [1.807, 2.05) is 22.7 Å². The van der Waals surface area contributed by atoms with E-state index < -0.39 is 0 Å². The lowest BCUT2D eigenvalue weighted by molar-refractivity contribution is 0.0715. The fourth-order valence-electron chi connectivity index (χ4n) is 1.89. The molecule has 1 aliphatic rings. The second kappa shape index (κ2) is 5.31. The molecule has 1 fully saturated rings. The molecule has 0 saturated carbocycles. The highest BCUT2D eigenvalue weighted by Crippen LogP contribution is 2.24. The molecule has 1 aliphatic heterocycles. The van der Waals surface area contributed by atoms with Crippen LogP contribution in [0.25, 0.3) is 0 Å². The lowest BCUT2D eigenvalue weighted by Gasteiger charge is -2.33. The second-order valence-corrected chi connectivity index (χ2v) is 6.17. The molecule has 1 unspecified atom stereocenters. The molecule has 1 heterocycles. The average Bonchev–Trinajstić information content (AvgIpc) is 2.32. The molecule has 2 rings (SSSR count). The Kier molecular flexibility index (Phi) is 3.99. The molecular formula is C12H15BrN2OS. The highest BCUT2D eigenvalue weighted by Gasteiger charge is 2.25. The fourth-order valence-corrected chi connectivity index (χ4v) is 3.32. The van der Waals surface area contributed by atoms with Crippen LogP contribution in [-0.2, 0) is 0 Å². The number of nitrogens with zero attached hydrogens (tertiary/aromatic N) is 1. The first kappa shape index (κ1) is 12.8. The molecule has 92 valence electrons. The Hall–Kier alpha value is -0.680. The fraction of sp³-hybridized carbons (Fsp3) is 0.417. The van der Waals surface area contributed by atoms with Gasteiger partial charge in [0.1, 0.15) is 0 Å². The monoisotopic (exact) mass is 314 g/mol. The third kappa shape index (κ3) is 2.77. The zero-order chi connectivity index (χ0) is 12.4. The van der Waals surface area contributed by atoms with Crippen LogP contribution in [0.15, 0.2) is 22.7 Å². The van der Waals surface area contributed by atoms with E-state index >= 15 is 0 Å². The van der Waals surface area contributed by atoms with Crippen molar-refractivity contribution in [1.82, 2.24) is 4.90 Å². The van der Waals surface area contributed by atoms with Crippen LogP contribution >= 0.6 is 27.7 Å². The summed E-state index contributed by atoms with van der Waals surface area (Å²) in [6.45, 7) is 2.90. The van der Waals surface area contributed by atoms with Gasteiger partial charge in [-0.25, -0.2) is 0 Å². The molecule has 1 aromatic rings. The molecule has 0 aliphatic carbocycles. The minimum atomic E-state index is 0.0666. The number of carbonyl (C=O) groups is 1. The lowest BCUT2D eigenvalue weighted by atomic mass is 10.1. The van der Waals surface area contributed by atoms with E-state index in [0.29, 0.717) is 11.3 Å². The molecule has 17 heavy (non-hydrogen) atoms. The summed E-state index contributed by atoms with van der Waals surface area (Å²) in [5.41, 5.74) is 7.01. The first-order chi connectivity index (χ1) is 8.09. The Labute approximate surface area is 114 Å². The summed E-state index contributed by atoms with van der Waals surface area (Å²) >= 11 is 5.31. The summed E-state index contributed by atoms with van der Waals surface area (Å²) in [5.74, 6) is 2.08. The minimum Gasteiger partial charge on any atom is -0.399 e. The van der Waals surface area contributed by atoms with Crippen molar-refractivity contribution in [2.45, 2.75) is 13.0 Å². The predicted molar refractivity (Wildman–Crippen MR) is 76.4 cm³/mol. The number of nitrogen functional groups attached to an aromatic ring is 1. The Bertz CT molecular complexity index is 439. The number of nitrogens with two attached hydrogens (primary N) is 1. The van der Waals surface area contributed by atoms with Gasteiger partial charge in [-0.1, -0.05) is 0 Å². The Balaban J connectivity index is 2.26. The molecule has 0 aromatic heterocycles. The van der Waals surface area contributed by atoms with Crippen LogP contribution in [0.2, 0.25) is 0 Å². The summed E-state index contributed by atoms with van der Waals surface area (Å²) in [5, 5.41) is 0. The van der Waals surface area contributed by atoms with Gasteiger partial charge in [-0.3, -0.25) is 4.79 Å². The molecule has 1 saturated heterocycles. The van der Waals surface area contributed by atoms with Crippen molar-refractivity contribution in [2.75, 3.05) is 23.8 Å². The summed E-state index contributed by atoms with van der Waals surface area (Å²) in [4.78, 5) is 14.3. The molecule has 0 bridgehead atoms. The molecule has 1 amide bonds. The van der Waals surface area contributed by atoms with Crippen LogP contribution in [-0.4, -0.2) is 34.9 Å². The van der Waals surface area contributed by atoms with E-state index in [0.717, 1.165) is 22.5 Å². The maximum atomic E-state index is 12.4. The number of hydrogen-bond donors (Lipinski definition) is 1. The summed E-state index contributed by atoms with van der Waals surface area (Å²) in [7, 11) is 0. The van der Waals surface area contributed by atoms with Crippen LogP contribution in [0.1, 0.15) is 17.3 Å². The third-order valence-corrected chi connectivity index (χ3v) is 4.73. The normalized spacial score (nSPS) is 20.4. The highest BCUT2D eigenvalue weighted by molar-refractivity contribution is 9.10. The highest BCUT2D eigenvalue weighted by atomic mass is 79.9. The summed E-state index contributed by atoms with van der Waals surface area (Å²) in [6.07, 6.45) is 0. The molecule has 5 heteroatoms. The van der Waals surface area contributed by atoms with E-state index in [2.05, 4.69) is 22.9 Å². The number of rotatable bonds is 1. The van der Waals surface area contributed by atoms with Gasteiger partial charge < -0.3 is 10.6 Å². The maximum Gasteiger partial charge on any atom is 0.255 e. The van der Waals surface area contributed by atoms with Gasteiger partial charge in [0.15, 0.2) is 0 Å². The average molecular weight is 315 g/mol. The Morgan fingerprint density at radius 2 is 2.35 bits per heavy atom. The molecule has 3 nitrogen and oxygen atoms in total. The summed E-state index contributed by atoms with van der Waals surface area (Å²) < 4.78 is 0.808. The standard InChI is InChI=1S/C12H15BrN2OS/c1-8-7-17-5-4-15(8)12(16)10-6-9(14)2-3-11(10)13/h2-3,6,8H,4-5,7,14H2,1H3. The van der Waals surface area contributed by atoms with Crippen molar-refractivity contribution in [2.24, 2.45) is 0 Å². The van der Waals surface area contributed by atoms with Gasteiger partial charge in [0, 0.05) is 34.3 Å². The Morgan fingerprint density at radius 3 is 3.06 bits per heavy atom. The zero-order valence-corrected chi connectivity index (χ0v) is 12.1. The van der Waals surface area contributed by atoms with Gasteiger partial charge >= 0.3 is 0 Å². The zero-order valence-electron chi connectivity index (χ0n) is 9.65. The molecule has 1 atom stereocenters. The van der Waals surface area contributed by atoms with Gasteiger partial charge in [0.2, 0.25) is 0 Å². The van der Waals surface area contributed by atoms with E-state index in [1.165, 1.54) is 0 Å². The SMILES string of the molecule is CC1CSCCN1C(=O)c1cc(N)ccc1Br. The topological polar surface area (TPSA) is 46.3 Å². The van der Waals surface area contributed by atoms with Gasteiger partial charge in [-0.15, -0.1) is 0 Å². The predicted octanol–water partition coefficient (Wildman–Crippen LogP) is 2.61. The van der Waals surface area contributed by atoms with Gasteiger partial charge in [-0.05, 0) is 41.1 Å². The molecular weight excluding hydrogens is 300 g/mol. The van der Waals surface area contributed by atoms with E-state index in [9.17, 15) is 4.79 Å². The number of amides is 1. The van der Waals surface area contributed by atoms with Crippen LogP contribution in [0.5, 0.6) is 0 Å². The van der Waals surface area contributed by atoms with Crippen molar-refractivity contribution in [3.8, 4) is 0 Å². The lowest BCUT2D eigenvalue weighted by Crippen LogP contribution is -2.44. The second-order valence-electron chi connectivity index (χ2n) is 4.16. The number of thioether (sulfide) groups is 1. The molecule has 0 radical (unpaired) electrons. The van der Waals surface area contributed by atoms with Gasteiger partial charge in [0.25, 0.3) is 5.91 Å². The molecule has 1 aromatic carbocycles. The molecule has 2 N–H and O–H groups in total. The molecule has 0 spiro atoms. The number of anilines is 1. The maximum absolute atomic E-state index is 12.4. The van der Waals surface area contributed by atoms with Gasteiger partial charge in [0.05, 0.1) is 5.56 Å². The third-order valence-electron chi connectivity index (χ3n) is 2.85.